The molecule has 0 saturated heterocycles. The molecule has 3 rings (SSSR count). The van der Waals surface area contributed by atoms with Crippen LogP contribution < -0.4 is 5.32 Å². The molecular formula is C19H24N6O2S. The van der Waals surface area contributed by atoms with Gasteiger partial charge in [0.1, 0.15) is 0 Å². The molecule has 0 fully saturated rings. The van der Waals surface area contributed by atoms with E-state index >= 15 is 0 Å². The van der Waals surface area contributed by atoms with Crippen LogP contribution in [0.1, 0.15) is 32.4 Å². The van der Waals surface area contributed by atoms with Gasteiger partial charge in [-0.15, -0.1) is 0 Å². The molecule has 0 amide bonds. The second kappa shape index (κ2) is 8.49. The predicted octanol–water partition coefficient (Wildman–Crippen LogP) is 2.87. The minimum Gasteiger partial charge on any atom is -0.346 e. The molecule has 9 heteroatoms. The maximum Gasteiger partial charge on any atom is 0.248 e. The first kappa shape index (κ1) is 20.0. The summed E-state index contributed by atoms with van der Waals surface area (Å²) in [6.07, 6.45) is 0. The van der Waals surface area contributed by atoms with Gasteiger partial charge in [-0.1, -0.05) is 49.3 Å². The Labute approximate surface area is 165 Å². The van der Waals surface area contributed by atoms with E-state index in [-0.39, 0.29) is 6.04 Å². The molecule has 0 aliphatic heterocycles. The van der Waals surface area contributed by atoms with Crippen molar-refractivity contribution in [2.24, 2.45) is 0 Å². The fourth-order valence-electron chi connectivity index (χ4n) is 2.94. The van der Waals surface area contributed by atoms with Crippen LogP contribution in [0.3, 0.4) is 0 Å². The lowest BCUT2D eigenvalue weighted by molar-refractivity contribution is 0.445. The topological polar surface area (TPSA) is 93.0 Å². The first-order valence-electron chi connectivity index (χ1n) is 9.17. The number of hydrogen-bond acceptors (Lipinski definition) is 6. The third-order valence-electron chi connectivity index (χ3n) is 4.54. The van der Waals surface area contributed by atoms with Gasteiger partial charge >= 0.3 is 0 Å². The van der Waals surface area contributed by atoms with Crippen LogP contribution in [0.15, 0.2) is 59.5 Å². The van der Waals surface area contributed by atoms with E-state index in [0.717, 1.165) is 11.3 Å². The van der Waals surface area contributed by atoms with E-state index in [1.165, 1.54) is 4.31 Å². The maximum atomic E-state index is 12.6. The molecule has 1 aromatic heterocycles. The Morgan fingerprint density at radius 2 is 1.68 bits per heavy atom. The standard InChI is InChI=1S/C19H24N6O2S/c1-4-24(5-2)28(26,27)18-13-11-16(12-14-18)15(3)20-19-21-22-23-25(19)17-9-7-6-8-10-17/h6-15H,4-5H2,1-3H3,(H,20,21,23)/t15-/m1/s1. The average Bonchev–Trinajstić information content (AvgIpc) is 3.17. The number of nitrogens with one attached hydrogen (secondary N) is 1. The van der Waals surface area contributed by atoms with E-state index < -0.39 is 10.0 Å². The molecule has 0 bridgehead atoms. The van der Waals surface area contributed by atoms with Gasteiger partial charge in [-0.2, -0.15) is 8.99 Å². The number of para-hydroxylation sites is 1. The van der Waals surface area contributed by atoms with Crippen LogP contribution in [-0.2, 0) is 10.0 Å². The molecule has 1 N–H and O–H groups in total. The third kappa shape index (κ3) is 4.05. The van der Waals surface area contributed by atoms with Gasteiger partial charge in [0.05, 0.1) is 16.6 Å². The van der Waals surface area contributed by atoms with E-state index in [2.05, 4.69) is 20.8 Å². The van der Waals surface area contributed by atoms with E-state index in [1.54, 1.807) is 16.8 Å². The summed E-state index contributed by atoms with van der Waals surface area (Å²) in [7, 11) is -3.46. The van der Waals surface area contributed by atoms with Crippen LogP contribution in [0, 0.1) is 0 Å². The molecule has 28 heavy (non-hydrogen) atoms. The lowest BCUT2D eigenvalue weighted by Crippen LogP contribution is -2.30. The van der Waals surface area contributed by atoms with Crippen molar-refractivity contribution < 1.29 is 8.42 Å². The molecule has 0 saturated carbocycles. The zero-order valence-electron chi connectivity index (χ0n) is 16.1. The van der Waals surface area contributed by atoms with Crippen LogP contribution in [0.2, 0.25) is 0 Å². The molecule has 148 valence electrons. The van der Waals surface area contributed by atoms with E-state index in [9.17, 15) is 8.42 Å². The lowest BCUT2D eigenvalue weighted by atomic mass is 10.1. The van der Waals surface area contributed by atoms with Crippen molar-refractivity contribution in [3.05, 3.63) is 60.2 Å². The molecular weight excluding hydrogens is 376 g/mol. The van der Waals surface area contributed by atoms with Gasteiger partial charge in [-0.3, -0.25) is 0 Å². The highest BCUT2D eigenvalue weighted by molar-refractivity contribution is 7.89. The SMILES string of the molecule is CCN(CC)S(=O)(=O)c1ccc([C@@H](C)Nc2nnnn2-c2ccccc2)cc1. The molecule has 0 aliphatic carbocycles. The summed E-state index contributed by atoms with van der Waals surface area (Å²) < 4.78 is 28.3. The highest BCUT2D eigenvalue weighted by Gasteiger charge is 2.21. The summed E-state index contributed by atoms with van der Waals surface area (Å²) in [6, 6.07) is 16.4. The van der Waals surface area contributed by atoms with E-state index in [0.29, 0.717) is 23.9 Å². The monoisotopic (exact) mass is 400 g/mol. The van der Waals surface area contributed by atoms with Crippen LogP contribution in [0.25, 0.3) is 5.69 Å². The normalized spacial score (nSPS) is 12.9. The maximum absolute atomic E-state index is 12.6. The Morgan fingerprint density at radius 3 is 2.29 bits per heavy atom. The number of sulfonamides is 1. The van der Waals surface area contributed by atoms with Crippen molar-refractivity contribution in [1.82, 2.24) is 24.5 Å². The number of anilines is 1. The van der Waals surface area contributed by atoms with Crippen molar-refractivity contribution in [3.8, 4) is 5.69 Å². The second-order valence-electron chi connectivity index (χ2n) is 6.27. The molecule has 0 unspecified atom stereocenters. The Kier molecular flexibility index (Phi) is 6.05. The zero-order valence-corrected chi connectivity index (χ0v) is 17.0. The van der Waals surface area contributed by atoms with Crippen LogP contribution in [0.5, 0.6) is 0 Å². The van der Waals surface area contributed by atoms with Crippen LogP contribution in [0.4, 0.5) is 5.95 Å². The van der Waals surface area contributed by atoms with Gasteiger partial charge in [-0.05, 0) is 47.2 Å². The highest BCUT2D eigenvalue weighted by Crippen LogP contribution is 2.22. The average molecular weight is 401 g/mol. The van der Waals surface area contributed by atoms with Crippen LogP contribution in [-0.4, -0.2) is 46.0 Å². The van der Waals surface area contributed by atoms with Gasteiger partial charge in [0.15, 0.2) is 0 Å². The molecule has 0 spiro atoms. The van der Waals surface area contributed by atoms with Crippen molar-refractivity contribution in [2.75, 3.05) is 18.4 Å². The number of nitrogens with zero attached hydrogens (tertiary/aromatic N) is 5. The Bertz CT molecular complexity index is 998. The van der Waals surface area contributed by atoms with Crippen molar-refractivity contribution in [2.45, 2.75) is 31.7 Å². The summed E-state index contributed by atoms with van der Waals surface area (Å²) in [4.78, 5) is 0.293. The molecule has 8 nitrogen and oxygen atoms in total. The molecule has 2 aromatic carbocycles. The van der Waals surface area contributed by atoms with Gasteiger partial charge in [0.25, 0.3) is 0 Å². The Morgan fingerprint density at radius 1 is 1.04 bits per heavy atom. The second-order valence-corrected chi connectivity index (χ2v) is 8.21. The van der Waals surface area contributed by atoms with Crippen molar-refractivity contribution in [1.29, 1.82) is 0 Å². The summed E-state index contributed by atoms with van der Waals surface area (Å²) in [5, 5.41) is 15.1. The van der Waals surface area contributed by atoms with Crippen LogP contribution >= 0.6 is 0 Å². The summed E-state index contributed by atoms with van der Waals surface area (Å²) in [5.74, 6) is 0.513. The molecule has 1 heterocycles. The Hall–Kier alpha value is -2.78. The Balaban J connectivity index is 1.78. The zero-order chi connectivity index (χ0) is 20.1. The van der Waals surface area contributed by atoms with E-state index in [1.807, 2.05) is 63.2 Å². The molecule has 3 aromatic rings. The number of rotatable bonds is 8. The number of tetrazole rings is 1. The first-order valence-corrected chi connectivity index (χ1v) is 10.6. The minimum atomic E-state index is -3.46. The molecule has 0 radical (unpaired) electrons. The number of aromatic nitrogens is 4. The number of benzene rings is 2. The molecule has 1 atom stereocenters. The molecule has 0 aliphatic rings. The summed E-state index contributed by atoms with van der Waals surface area (Å²) in [5.41, 5.74) is 1.78. The highest BCUT2D eigenvalue weighted by atomic mass is 32.2. The van der Waals surface area contributed by atoms with Gasteiger partial charge in [0, 0.05) is 13.1 Å². The van der Waals surface area contributed by atoms with Gasteiger partial charge < -0.3 is 5.32 Å². The van der Waals surface area contributed by atoms with Crippen molar-refractivity contribution in [3.63, 3.8) is 0 Å². The first-order chi connectivity index (χ1) is 13.5. The number of hydrogen-bond donors (Lipinski definition) is 1. The largest absolute Gasteiger partial charge is 0.346 e. The van der Waals surface area contributed by atoms with E-state index in [4.69, 9.17) is 0 Å². The van der Waals surface area contributed by atoms with Gasteiger partial charge in [0.2, 0.25) is 16.0 Å². The summed E-state index contributed by atoms with van der Waals surface area (Å²) >= 11 is 0. The van der Waals surface area contributed by atoms with Crippen molar-refractivity contribution >= 4 is 16.0 Å². The minimum absolute atomic E-state index is 0.112. The summed E-state index contributed by atoms with van der Waals surface area (Å²) in [6.45, 7) is 6.52. The van der Waals surface area contributed by atoms with Gasteiger partial charge in [-0.25, -0.2) is 8.42 Å². The predicted molar refractivity (Wildman–Crippen MR) is 108 cm³/mol. The smallest absolute Gasteiger partial charge is 0.248 e. The quantitative estimate of drug-likeness (QED) is 0.625. The lowest BCUT2D eigenvalue weighted by Gasteiger charge is -2.19. The fourth-order valence-corrected chi connectivity index (χ4v) is 4.40. The third-order valence-corrected chi connectivity index (χ3v) is 6.60. The fraction of sp³-hybridized carbons (Fsp3) is 0.316.